The molecule has 0 bridgehead atoms. The van der Waals surface area contributed by atoms with Gasteiger partial charge in [-0.05, 0) is 93.1 Å². The van der Waals surface area contributed by atoms with Crippen LogP contribution in [0.3, 0.4) is 0 Å². The summed E-state index contributed by atoms with van der Waals surface area (Å²) in [5.41, 5.74) is 9.32. The number of nitrogens with one attached hydrogen (secondary N) is 2. The van der Waals surface area contributed by atoms with E-state index in [1.54, 1.807) is 35.4 Å². The van der Waals surface area contributed by atoms with E-state index in [0.29, 0.717) is 30.4 Å². The van der Waals surface area contributed by atoms with Crippen molar-refractivity contribution in [2.45, 2.75) is 51.7 Å². The summed E-state index contributed by atoms with van der Waals surface area (Å²) in [6, 6.07) is 18.8. The molecule has 0 spiro atoms. The van der Waals surface area contributed by atoms with Gasteiger partial charge in [-0.25, -0.2) is 13.9 Å². The molecule has 3 amide bonds. The number of methoxy groups -OCH3 is 1. The van der Waals surface area contributed by atoms with Crippen molar-refractivity contribution in [2.24, 2.45) is 5.73 Å². The van der Waals surface area contributed by atoms with Gasteiger partial charge in [-0.1, -0.05) is 24.3 Å². The van der Waals surface area contributed by atoms with Gasteiger partial charge in [0.25, 0.3) is 11.8 Å². The van der Waals surface area contributed by atoms with Crippen molar-refractivity contribution in [1.82, 2.24) is 20.0 Å². The predicted molar refractivity (Wildman–Crippen MR) is 176 cm³/mol. The quantitative estimate of drug-likeness (QED) is 0.206. The minimum atomic E-state index is -0.654. The highest BCUT2D eigenvalue weighted by Gasteiger charge is 2.27. The molecule has 12 heteroatoms. The first-order chi connectivity index (χ1) is 22.4. The maximum absolute atomic E-state index is 13.7. The number of likely N-dealkylation sites (tertiary alicyclic amines) is 1. The molecule has 47 heavy (non-hydrogen) atoms. The number of amides is 3. The Morgan fingerprint density at radius 1 is 1.00 bits per heavy atom. The zero-order valence-corrected chi connectivity index (χ0v) is 26.9. The average molecular weight is 643 g/mol. The molecule has 4 N–H and O–H groups in total. The number of hydrogen-bond donors (Lipinski definition) is 3. The number of carbonyl (C=O) groups excluding carboxylic acids is 3. The van der Waals surface area contributed by atoms with Crippen LogP contribution < -0.4 is 21.1 Å². The molecular weight excluding hydrogens is 603 g/mol. The number of halogens is 1. The van der Waals surface area contributed by atoms with E-state index in [1.807, 2.05) is 45.0 Å². The highest BCUT2D eigenvalue weighted by molar-refractivity contribution is 5.98. The van der Waals surface area contributed by atoms with E-state index < -0.39 is 23.2 Å². The third kappa shape index (κ3) is 8.07. The molecule has 1 fully saturated rings. The number of benzene rings is 3. The fraction of sp³-hybridized carbons (Fsp3) is 0.314. The molecule has 0 aliphatic carbocycles. The van der Waals surface area contributed by atoms with Crippen molar-refractivity contribution in [3.8, 4) is 11.4 Å². The Morgan fingerprint density at radius 3 is 2.30 bits per heavy atom. The maximum atomic E-state index is 13.7. The van der Waals surface area contributed by atoms with Crippen molar-refractivity contribution in [3.05, 3.63) is 101 Å². The lowest BCUT2D eigenvalue weighted by Crippen LogP contribution is -2.41. The minimum Gasteiger partial charge on any atom is -0.496 e. The van der Waals surface area contributed by atoms with Crippen LogP contribution in [0.1, 0.15) is 71.5 Å². The van der Waals surface area contributed by atoms with Crippen molar-refractivity contribution in [3.63, 3.8) is 0 Å². The molecule has 4 aromatic rings. The van der Waals surface area contributed by atoms with Crippen LogP contribution in [0.15, 0.2) is 72.9 Å². The molecule has 0 saturated carbocycles. The Kier molecular flexibility index (Phi) is 9.78. The molecule has 0 radical (unpaired) electrons. The van der Waals surface area contributed by atoms with Gasteiger partial charge in [-0.2, -0.15) is 5.10 Å². The summed E-state index contributed by atoms with van der Waals surface area (Å²) in [6.45, 7) is 7.06. The standard InChI is InChI=1S/C35H39FN6O5/c1-35(2,3)47-34(45)41-17-15-24(16-18-41)23-7-10-26(11-8-23)40-29-21-39-42(31(29)32(37)43)27-12-5-22(6-13-27)20-38-33(44)28-19-25(36)9-14-30(28)46-4/h5-14,19,21,24,40H,15-18,20H2,1-4H3,(H2,37,43)(H,38,44). The Morgan fingerprint density at radius 2 is 1.68 bits per heavy atom. The number of nitrogens with zero attached hydrogens (tertiary/aromatic N) is 3. The first-order valence-corrected chi connectivity index (χ1v) is 15.4. The van der Waals surface area contributed by atoms with E-state index in [-0.39, 0.29) is 29.6 Å². The molecule has 11 nitrogen and oxygen atoms in total. The summed E-state index contributed by atoms with van der Waals surface area (Å²) in [7, 11) is 1.41. The number of aromatic nitrogens is 2. The average Bonchev–Trinajstić information content (AvgIpc) is 3.47. The second-order valence-corrected chi connectivity index (χ2v) is 12.4. The lowest BCUT2D eigenvalue weighted by Gasteiger charge is -2.33. The lowest BCUT2D eigenvalue weighted by molar-refractivity contribution is 0.0204. The summed E-state index contributed by atoms with van der Waals surface area (Å²) in [5.74, 6) is -1.06. The number of hydrogen-bond acceptors (Lipinski definition) is 7. The van der Waals surface area contributed by atoms with Crippen LogP contribution in [0.5, 0.6) is 5.75 Å². The number of nitrogens with two attached hydrogens (primary N) is 1. The number of primary amides is 1. The van der Waals surface area contributed by atoms with Gasteiger partial charge in [-0.3, -0.25) is 9.59 Å². The van der Waals surface area contributed by atoms with Gasteiger partial charge in [0, 0.05) is 25.3 Å². The highest BCUT2D eigenvalue weighted by Crippen LogP contribution is 2.31. The molecule has 1 aromatic heterocycles. The predicted octanol–water partition coefficient (Wildman–Crippen LogP) is 5.91. The van der Waals surface area contributed by atoms with E-state index in [1.165, 1.54) is 29.5 Å². The zero-order chi connectivity index (χ0) is 33.7. The number of carbonyl (C=O) groups is 3. The number of ether oxygens (including phenoxy) is 2. The number of piperidine rings is 1. The van der Waals surface area contributed by atoms with Crippen molar-refractivity contribution in [1.29, 1.82) is 0 Å². The smallest absolute Gasteiger partial charge is 0.410 e. The molecule has 0 unspecified atom stereocenters. The van der Waals surface area contributed by atoms with Gasteiger partial charge in [0.1, 0.15) is 17.2 Å². The highest BCUT2D eigenvalue weighted by atomic mass is 19.1. The Hall–Kier alpha value is -5.39. The van der Waals surface area contributed by atoms with E-state index in [9.17, 15) is 18.8 Å². The third-order valence-corrected chi connectivity index (χ3v) is 7.85. The topological polar surface area (TPSA) is 141 Å². The molecule has 1 saturated heterocycles. The molecule has 5 rings (SSSR count). The van der Waals surface area contributed by atoms with Gasteiger partial charge in [0.15, 0.2) is 5.69 Å². The van der Waals surface area contributed by atoms with Crippen LogP contribution in [0, 0.1) is 5.82 Å². The lowest BCUT2D eigenvalue weighted by atomic mass is 9.89. The normalized spacial score (nSPS) is 13.6. The van der Waals surface area contributed by atoms with Gasteiger partial charge < -0.3 is 30.7 Å². The van der Waals surface area contributed by atoms with Crippen LogP contribution >= 0.6 is 0 Å². The number of anilines is 2. The van der Waals surface area contributed by atoms with Crippen LogP contribution in [-0.2, 0) is 11.3 Å². The molecule has 2 heterocycles. The van der Waals surface area contributed by atoms with Crippen LogP contribution in [0.2, 0.25) is 0 Å². The zero-order valence-electron chi connectivity index (χ0n) is 26.9. The second kappa shape index (κ2) is 13.9. The largest absolute Gasteiger partial charge is 0.496 e. The van der Waals surface area contributed by atoms with E-state index in [0.717, 1.165) is 30.2 Å². The number of rotatable bonds is 9. The second-order valence-electron chi connectivity index (χ2n) is 12.4. The molecular formula is C35H39FN6O5. The molecule has 0 atom stereocenters. The van der Waals surface area contributed by atoms with Crippen molar-refractivity contribution in [2.75, 3.05) is 25.5 Å². The van der Waals surface area contributed by atoms with Gasteiger partial charge in [0.2, 0.25) is 0 Å². The third-order valence-electron chi connectivity index (χ3n) is 7.85. The molecule has 1 aliphatic rings. The van der Waals surface area contributed by atoms with E-state index in [2.05, 4.69) is 15.7 Å². The fourth-order valence-electron chi connectivity index (χ4n) is 5.48. The SMILES string of the molecule is COc1ccc(F)cc1C(=O)NCc1ccc(-n2ncc(Nc3ccc(C4CCN(C(=O)OC(C)(C)C)CC4)cc3)c2C(N)=O)cc1. The summed E-state index contributed by atoms with van der Waals surface area (Å²) in [5, 5.41) is 10.4. The Balaban J connectivity index is 1.21. The maximum Gasteiger partial charge on any atom is 0.410 e. The van der Waals surface area contributed by atoms with Crippen LogP contribution in [0.4, 0.5) is 20.6 Å². The van der Waals surface area contributed by atoms with Crippen molar-refractivity contribution < 1.29 is 28.2 Å². The Labute approximate surface area is 272 Å². The van der Waals surface area contributed by atoms with Crippen LogP contribution in [0.25, 0.3) is 5.69 Å². The first kappa shape index (κ1) is 33.0. The van der Waals surface area contributed by atoms with Crippen molar-refractivity contribution >= 4 is 29.3 Å². The molecule has 3 aromatic carbocycles. The summed E-state index contributed by atoms with van der Waals surface area (Å²) in [6.07, 6.45) is 2.96. The van der Waals surface area contributed by atoms with E-state index in [4.69, 9.17) is 15.2 Å². The fourth-order valence-corrected chi connectivity index (χ4v) is 5.48. The molecule has 1 aliphatic heterocycles. The minimum absolute atomic E-state index is 0.0991. The van der Waals surface area contributed by atoms with E-state index >= 15 is 0 Å². The first-order valence-electron chi connectivity index (χ1n) is 15.4. The summed E-state index contributed by atoms with van der Waals surface area (Å²) >= 11 is 0. The Bertz CT molecular complexity index is 1740. The van der Waals surface area contributed by atoms with Gasteiger partial charge in [-0.15, -0.1) is 0 Å². The molecule has 246 valence electrons. The van der Waals surface area contributed by atoms with Gasteiger partial charge >= 0.3 is 6.09 Å². The van der Waals surface area contributed by atoms with Crippen LogP contribution in [-0.4, -0.2) is 58.4 Å². The summed E-state index contributed by atoms with van der Waals surface area (Å²) in [4.78, 5) is 39.3. The monoisotopic (exact) mass is 642 g/mol. The summed E-state index contributed by atoms with van der Waals surface area (Å²) < 4.78 is 25.8. The van der Waals surface area contributed by atoms with Gasteiger partial charge in [0.05, 0.1) is 30.2 Å².